The van der Waals surface area contributed by atoms with Crippen LogP contribution in [0.4, 0.5) is 11.6 Å². The highest BCUT2D eigenvalue weighted by molar-refractivity contribution is 5.96. The number of carbonyl (C=O) groups is 1. The Labute approximate surface area is 197 Å². The SMILES string of the molecule is N#Cc1cnc(NC2CCC[C@H](NC(=O)c3ccc(N)cc3)C2)nc1-c1c[nH]c2ccccc12. The minimum Gasteiger partial charge on any atom is -0.399 e. The zero-order valence-electron chi connectivity index (χ0n) is 18.6. The van der Waals surface area contributed by atoms with Crippen LogP contribution in [0.1, 0.15) is 41.6 Å². The van der Waals surface area contributed by atoms with Gasteiger partial charge < -0.3 is 21.4 Å². The van der Waals surface area contributed by atoms with Gasteiger partial charge in [-0.3, -0.25) is 4.79 Å². The number of rotatable bonds is 5. The number of nitrogens with two attached hydrogens (primary N) is 1. The van der Waals surface area contributed by atoms with Gasteiger partial charge in [0.2, 0.25) is 5.95 Å². The zero-order chi connectivity index (χ0) is 23.5. The number of nitrogens with one attached hydrogen (secondary N) is 3. The number of benzene rings is 2. The van der Waals surface area contributed by atoms with Crippen LogP contribution in [0.5, 0.6) is 0 Å². The summed E-state index contributed by atoms with van der Waals surface area (Å²) in [5.41, 5.74) is 9.83. The van der Waals surface area contributed by atoms with Crippen molar-refractivity contribution in [2.45, 2.75) is 37.8 Å². The van der Waals surface area contributed by atoms with Gasteiger partial charge in [-0.15, -0.1) is 0 Å². The number of aromatic nitrogens is 3. The number of nitriles is 1. The van der Waals surface area contributed by atoms with Crippen molar-refractivity contribution in [3.8, 4) is 17.3 Å². The minimum absolute atomic E-state index is 0.0581. The van der Waals surface area contributed by atoms with E-state index >= 15 is 0 Å². The van der Waals surface area contributed by atoms with E-state index in [1.807, 2.05) is 30.5 Å². The maximum atomic E-state index is 12.6. The quantitative estimate of drug-likeness (QED) is 0.336. The molecule has 2 atom stereocenters. The molecule has 1 aliphatic carbocycles. The number of fused-ring (bicyclic) bond motifs is 1. The molecule has 1 saturated carbocycles. The van der Waals surface area contributed by atoms with Crippen LogP contribution in [0.3, 0.4) is 0 Å². The summed E-state index contributed by atoms with van der Waals surface area (Å²) < 4.78 is 0. The van der Waals surface area contributed by atoms with Crippen LogP contribution in [0, 0.1) is 11.3 Å². The van der Waals surface area contributed by atoms with E-state index in [0.29, 0.717) is 28.5 Å². The maximum absolute atomic E-state index is 12.6. The van der Waals surface area contributed by atoms with Gasteiger partial charge in [-0.1, -0.05) is 18.2 Å². The van der Waals surface area contributed by atoms with Crippen molar-refractivity contribution in [3.05, 3.63) is 72.1 Å². The van der Waals surface area contributed by atoms with Crippen molar-refractivity contribution in [1.82, 2.24) is 20.3 Å². The predicted octanol–water partition coefficient (Wildman–Crippen LogP) is 4.23. The van der Waals surface area contributed by atoms with Gasteiger partial charge in [-0.2, -0.15) is 5.26 Å². The van der Waals surface area contributed by atoms with E-state index in [1.54, 1.807) is 30.5 Å². The van der Waals surface area contributed by atoms with Crippen LogP contribution in [0.2, 0.25) is 0 Å². The van der Waals surface area contributed by atoms with Crippen LogP contribution in [-0.2, 0) is 0 Å². The van der Waals surface area contributed by atoms with Crippen molar-refractivity contribution in [3.63, 3.8) is 0 Å². The number of nitrogens with zero attached hydrogens (tertiary/aromatic N) is 3. The summed E-state index contributed by atoms with van der Waals surface area (Å²) in [6, 6.07) is 17.2. The number of amides is 1. The molecule has 34 heavy (non-hydrogen) atoms. The summed E-state index contributed by atoms with van der Waals surface area (Å²) in [6.07, 6.45) is 7.08. The van der Waals surface area contributed by atoms with Crippen LogP contribution in [-0.4, -0.2) is 32.9 Å². The average Bonchev–Trinajstić information content (AvgIpc) is 3.29. The van der Waals surface area contributed by atoms with Gasteiger partial charge in [0.05, 0.1) is 17.5 Å². The summed E-state index contributed by atoms with van der Waals surface area (Å²) in [7, 11) is 0. The van der Waals surface area contributed by atoms with E-state index in [1.165, 1.54) is 0 Å². The van der Waals surface area contributed by atoms with Crippen LogP contribution < -0.4 is 16.4 Å². The Morgan fingerprint density at radius 2 is 1.91 bits per heavy atom. The normalized spacial score (nSPS) is 17.7. The summed E-state index contributed by atoms with van der Waals surface area (Å²) in [4.78, 5) is 24.9. The third-order valence-electron chi connectivity index (χ3n) is 6.27. The Hall–Kier alpha value is -4.38. The number of hydrogen-bond donors (Lipinski definition) is 4. The first-order valence-corrected chi connectivity index (χ1v) is 11.4. The van der Waals surface area contributed by atoms with Crippen molar-refractivity contribution >= 4 is 28.4 Å². The molecule has 1 unspecified atom stereocenters. The topological polar surface area (TPSA) is 133 Å². The van der Waals surface area contributed by atoms with Gasteiger partial charge in [0.25, 0.3) is 5.91 Å². The molecule has 2 aromatic carbocycles. The highest BCUT2D eigenvalue weighted by Gasteiger charge is 2.25. The summed E-state index contributed by atoms with van der Waals surface area (Å²) in [5.74, 6) is 0.386. The van der Waals surface area contributed by atoms with E-state index < -0.39 is 0 Å². The van der Waals surface area contributed by atoms with Crippen LogP contribution in [0.25, 0.3) is 22.2 Å². The molecular weight excluding hydrogens is 426 g/mol. The number of hydrogen-bond acceptors (Lipinski definition) is 6. The fourth-order valence-corrected chi connectivity index (χ4v) is 4.54. The molecule has 1 fully saturated rings. The Morgan fingerprint density at radius 1 is 1.12 bits per heavy atom. The Bertz CT molecular complexity index is 1370. The summed E-state index contributed by atoms with van der Waals surface area (Å²) in [6.45, 7) is 0. The largest absolute Gasteiger partial charge is 0.399 e. The van der Waals surface area contributed by atoms with Gasteiger partial charge in [0.1, 0.15) is 6.07 Å². The van der Waals surface area contributed by atoms with Crippen molar-refractivity contribution in [1.29, 1.82) is 5.26 Å². The molecule has 1 aliphatic rings. The van der Waals surface area contributed by atoms with Crippen molar-refractivity contribution < 1.29 is 4.79 Å². The van der Waals surface area contributed by atoms with E-state index in [4.69, 9.17) is 10.7 Å². The Balaban J connectivity index is 1.31. The third-order valence-corrected chi connectivity index (χ3v) is 6.27. The lowest BCUT2D eigenvalue weighted by molar-refractivity contribution is 0.0926. The number of H-pyrrole nitrogens is 1. The average molecular weight is 452 g/mol. The molecule has 4 aromatic rings. The molecule has 5 N–H and O–H groups in total. The lowest BCUT2D eigenvalue weighted by Gasteiger charge is -2.30. The van der Waals surface area contributed by atoms with Gasteiger partial charge >= 0.3 is 0 Å². The molecule has 8 heteroatoms. The first-order valence-electron chi connectivity index (χ1n) is 11.4. The number of para-hydroxylation sites is 1. The zero-order valence-corrected chi connectivity index (χ0v) is 18.6. The molecule has 8 nitrogen and oxygen atoms in total. The molecule has 2 heterocycles. The summed E-state index contributed by atoms with van der Waals surface area (Å²) in [5, 5.41) is 17.2. The van der Waals surface area contributed by atoms with Crippen molar-refractivity contribution in [2.75, 3.05) is 11.1 Å². The number of anilines is 2. The molecule has 0 radical (unpaired) electrons. The molecule has 0 saturated heterocycles. The number of aromatic amines is 1. The predicted molar refractivity (Wildman–Crippen MR) is 132 cm³/mol. The van der Waals surface area contributed by atoms with Gasteiger partial charge in [-0.25, -0.2) is 9.97 Å². The third kappa shape index (κ3) is 4.41. The van der Waals surface area contributed by atoms with Gasteiger partial charge in [0.15, 0.2) is 0 Å². The smallest absolute Gasteiger partial charge is 0.251 e. The second kappa shape index (κ2) is 9.24. The Kier molecular flexibility index (Phi) is 5.83. The Morgan fingerprint density at radius 3 is 2.74 bits per heavy atom. The molecule has 0 spiro atoms. The van der Waals surface area contributed by atoms with Crippen molar-refractivity contribution in [2.24, 2.45) is 0 Å². The lowest BCUT2D eigenvalue weighted by Crippen LogP contribution is -2.42. The molecule has 170 valence electrons. The fraction of sp³-hybridized carbons (Fsp3) is 0.231. The minimum atomic E-state index is -0.0955. The lowest BCUT2D eigenvalue weighted by atomic mass is 9.91. The monoisotopic (exact) mass is 451 g/mol. The standard InChI is InChI=1S/C26H25N7O/c27-13-17-14-30-26(33-24(17)22-15-29-23-7-2-1-6-21(22)23)32-20-5-3-4-19(12-20)31-25(34)16-8-10-18(28)11-9-16/h1-2,6-11,14-15,19-20,29H,3-5,12,28H2,(H,31,34)(H,30,32,33)/t19-,20?/m0/s1. The molecule has 2 aromatic heterocycles. The van der Waals surface area contributed by atoms with E-state index in [0.717, 1.165) is 42.1 Å². The second-order valence-corrected chi connectivity index (χ2v) is 8.62. The van der Waals surface area contributed by atoms with Gasteiger partial charge in [0, 0.05) is 46.0 Å². The number of carbonyl (C=O) groups excluding carboxylic acids is 1. The first kappa shape index (κ1) is 21.5. The first-order chi connectivity index (χ1) is 16.6. The number of nitrogen functional groups attached to an aromatic ring is 1. The van der Waals surface area contributed by atoms with Crippen LogP contribution in [0.15, 0.2) is 60.9 Å². The van der Waals surface area contributed by atoms with E-state index in [9.17, 15) is 10.1 Å². The fourth-order valence-electron chi connectivity index (χ4n) is 4.54. The highest BCUT2D eigenvalue weighted by Crippen LogP contribution is 2.30. The molecule has 5 rings (SSSR count). The van der Waals surface area contributed by atoms with Crippen LogP contribution >= 0.6 is 0 Å². The maximum Gasteiger partial charge on any atom is 0.251 e. The van der Waals surface area contributed by atoms with Gasteiger partial charge in [-0.05, 0) is 56.0 Å². The van der Waals surface area contributed by atoms with E-state index in [-0.39, 0.29) is 18.0 Å². The van der Waals surface area contributed by atoms with E-state index in [2.05, 4.69) is 26.7 Å². The molecular formula is C26H25N7O. The molecule has 0 bridgehead atoms. The summed E-state index contributed by atoms with van der Waals surface area (Å²) >= 11 is 0. The highest BCUT2D eigenvalue weighted by atomic mass is 16.1. The molecule has 0 aliphatic heterocycles. The second-order valence-electron chi connectivity index (χ2n) is 8.62. The molecule has 1 amide bonds.